The molecule has 2 saturated heterocycles. The summed E-state index contributed by atoms with van der Waals surface area (Å²) in [7, 11) is 0. The molecule has 164 valence electrons. The number of piperidine rings is 2. The third kappa shape index (κ3) is 5.37. The lowest BCUT2D eigenvalue weighted by Crippen LogP contribution is -2.55. The predicted molar refractivity (Wildman–Crippen MR) is 112 cm³/mol. The second-order valence-corrected chi connectivity index (χ2v) is 8.66. The number of halogens is 1. The summed E-state index contributed by atoms with van der Waals surface area (Å²) < 4.78 is 13.2. The number of nitrogens with one attached hydrogen (secondary N) is 1. The Kier molecular flexibility index (Phi) is 7.45. The first-order valence-corrected chi connectivity index (χ1v) is 11.0. The molecule has 0 aromatic heterocycles. The van der Waals surface area contributed by atoms with E-state index in [2.05, 4.69) is 5.32 Å². The van der Waals surface area contributed by atoms with Crippen LogP contribution in [0.2, 0.25) is 0 Å². The maximum absolute atomic E-state index is 13.3. The van der Waals surface area contributed by atoms with Crippen LogP contribution < -0.4 is 5.32 Å². The lowest BCUT2D eigenvalue weighted by molar-refractivity contribution is -0.138. The zero-order valence-corrected chi connectivity index (χ0v) is 17.9. The normalized spacial score (nSPS) is 18.9. The highest BCUT2D eigenvalue weighted by molar-refractivity contribution is 5.97. The first kappa shape index (κ1) is 22.2. The number of nitrogens with zero attached hydrogens (tertiary/aromatic N) is 2. The second-order valence-electron chi connectivity index (χ2n) is 8.66. The number of hydrogen-bond donors (Lipinski definition) is 1. The predicted octanol–water partition coefficient (Wildman–Crippen LogP) is 2.83. The van der Waals surface area contributed by atoms with Crippen LogP contribution in [0.1, 0.15) is 56.3 Å². The second kappa shape index (κ2) is 10.0. The summed E-state index contributed by atoms with van der Waals surface area (Å²) in [6.45, 7) is 6.40. The van der Waals surface area contributed by atoms with Gasteiger partial charge in [-0.15, -0.1) is 0 Å². The number of carbonyl (C=O) groups is 3. The van der Waals surface area contributed by atoms with Crippen molar-refractivity contribution < 1.29 is 18.8 Å². The van der Waals surface area contributed by atoms with Crippen molar-refractivity contribution in [3.63, 3.8) is 0 Å². The van der Waals surface area contributed by atoms with Gasteiger partial charge >= 0.3 is 0 Å². The monoisotopic (exact) mass is 417 g/mol. The van der Waals surface area contributed by atoms with Gasteiger partial charge in [-0.3, -0.25) is 14.4 Å². The highest BCUT2D eigenvalue weighted by Crippen LogP contribution is 2.25. The number of amides is 3. The van der Waals surface area contributed by atoms with Crippen molar-refractivity contribution in [1.29, 1.82) is 0 Å². The van der Waals surface area contributed by atoms with Gasteiger partial charge < -0.3 is 15.1 Å². The van der Waals surface area contributed by atoms with E-state index in [0.29, 0.717) is 44.6 Å². The summed E-state index contributed by atoms with van der Waals surface area (Å²) in [5, 5.41) is 2.93. The van der Waals surface area contributed by atoms with Crippen LogP contribution in [0, 0.1) is 17.7 Å². The molecule has 1 N–H and O–H groups in total. The van der Waals surface area contributed by atoms with Crippen molar-refractivity contribution in [2.75, 3.05) is 26.2 Å². The molecule has 3 amide bonds. The van der Waals surface area contributed by atoms with E-state index in [1.807, 2.05) is 23.6 Å². The molecular formula is C23H32FN3O3. The minimum absolute atomic E-state index is 0.0277. The van der Waals surface area contributed by atoms with Gasteiger partial charge in [0.05, 0.1) is 0 Å². The fourth-order valence-electron chi connectivity index (χ4n) is 4.34. The zero-order chi connectivity index (χ0) is 21.7. The van der Waals surface area contributed by atoms with Gasteiger partial charge in [0, 0.05) is 37.7 Å². The van der Waals surface area contributed by atoms with E-state index < -0.39 is 11.9 Å². The molecule has 3 rings (SSSR count). The van der Waals surface area contributed by atoms with Gasteiger partial charge in [-0.05, 0) is 62.3 Å². The van der Waals surface area contributed by atoms with Crippen LogP contribution >= 0.6 is 0 Å². The van der Waals surface area contributed by atoms with E-state index in [1.165, 1.54) is 24.3 Å². The van der Waals surface area contributed by atoms with E-state index in [4.69, 9.17) is 0 Å². The van der Waals surface area contributed by atoms with Crippen LogP contribution in [0.15, 0.2) is 24.3 Å². The standard InChI is InChI=1S/C23H32FN3O3/c1-16(2)22(29)27-14-10-17(11-15-27)20(23(30)26-12-4-3-5-13-26)25-21(28)18-6-8-19(24)9-7-18/h6-9,16-17,20H,3-5,10-15H2,1-2H3,(H,25,28)/t20-/m1/s1. The van der Waals surface area contributed by atoms with E-state index in [9.17, 15) is 18.8 Å². The summed E-state index contributed by atoms with van der Waals surface area (Å²) in [4.78, 5) is 42.1. The molecule has 1 aromatic carbocycles. The third-order valence-electron chi connectivity index (χ3n) is 6.14. The minimum atomic E-state index is -0.628. The van der Waals surface area contributed by atoms with Gasteiger partial charge in [-0.2, -0.15) is 0 Å². The number of rotatable bonds is 5. The van der Waals surface area contributed by atoms with Gasteiger partial charge in [0.1, 0.15) is 11.9 Å². The fraction of sp³-hybridized carbons (Fsp3) is 0.609. The average molecular weight is 418 g/mol. The van der Waals surface area contributed by atoms with Gasteiger partial charge in [0.15, 0.2) is 0 Å². The van der Waals surface area contributed by atoms with E-state index in [-0.39, 0.29) is 29.6 Å². The Morgan fingerprint density at radius 2 is 1.47 bits per heavy atom. The fourth-order valence-corrected chi connectivity index (χ4v) is 4.34. The molecule has 2 heterocycles. The van der Waals surface area contributed by atoms with E-state index in [1.54, 1.807) is 0 Å². The average Bonchev–Trinajstić information content (AvgIpc) is 2.77. The van der Waals surface area contributed by atoms with Crippen molar-refractivity contribution in [2.24, 2.45) is 11.8 Å². The van der Waals surface area contributed by atoms with Gasteiger partial charge in [0.25, 0.3) is 5.91 Å². The molecule has 1 aromatic rings. The Bertz CT molecular complexity index is 751. The molecule has 6 nitrogen and oxygen atoms in total. The molecule has 2 aliphatic heterocycles. The molecule has 2 fully saturated rings. The van der Waals surface area contributed by atoms with Crippen molar-refractivity contribution >= 4 is 17.7 Å². The van der Waals surface area contributed by atoms with Gasteiger partial charge in [-0.1, -0.05) is 13.8 Å². The Balaban J connectivity index is 1.72. The molecule has 1 atom stereocenters. The Hall–Kier alpha value is -2.44. The highest BCUT2D eigenvalue weighted by atomic mass is 19.1. The van der Waals surface area contributed by atoms with Crippen molar-refractivity contribution in [3.8, 4) is 0 Å². The molecule has 0 bridgehead atoms. The van der Waals surface area contributed by atoms with Crippen LogP contribution in [0.5, 0.6) is 0 Å². The summed E-state index contributed by atoms with van der Waals surface area (Å²) in [6, 6.07) is 4.71. The maximum Gasteiger partial charge on any atom is 0.251 e. The van der Waals surface area contributed by atoms with Gasteiger partial charge in [0.2, 0.25) is 11.8 Å². The minimum Gasteiger partial charge on any atom is -0.342 e. The van der Waals surface area contributed by atoms with Crippen molar-refractivity contribution in [1.82, 2.24) is 15.1 Å². The molecule has 30 heavy (non-hydrogen) atoms. The smallest absolute Gasteiger partial charge is 0.251 e. The largest absolute Gasteiger partial charge is 0.342 e. The first-order valence-electron chi connectivity index (χ1n) is 11.0. The van der Waals surface area contributed by atoms with Crippen LogP contribution in [0.3, 0.4) is 0 Å². The van der Waals surface area contributed by atoms with E-state index >= 15 is 0 Å². The number of carbonyl (C=O) groups excluding carboxylic acids is 3. The highest BCUT2D eigenvalue weighted by Gasteiger charge is 2.36. The van der Waals surface area contributed by atoms with Crippen molar-refractivity contribution in [3.05, 3.63) is 35.6 Å². The Labute approximate surface area is 177 Å². The number of hydrogen-bond acceptors (Lipinski definition) is 3. The molecule has 0 saturated carbocycles. The lowest BCUT2D eigenvalue weighted by atomic mass is 9.87. The Morgan fingerprint density at radius 3 is 2.03 bits per heavy atom. The molecule has 7 heteroatoms. The molecule has 0 aliphatic carbocycles. The SMILES string of the molecule is CC(C)C(=O)N1CCC([C@@H](NC(=O)c2ccc(F)cc2)C(=O)N2CCCCC2)CC1. The zero-order valence-electron chi connectivity index (χ0n) is 17.9. The van der Waals surface area contributed by atoms with Crippen LogP contribution in [0.25, 0.3) is 0 Å². The molecule has 2 aliphatic rings. The molecular weight excluding hydrogens is 385 g/mol. The molecule has 0 radical (unpaired) electrons. The Morgan fingerprint density at radius 1 is 0.900 bits per heavy atom. The first-order chi connectivity index (χ1) is 14.4. The lowest BCUT2D eigenvalue weighted by Gasteiger charge is -2.39. The van der Waals surface area contributed by atoms with Crippen molar-refractivity contribution in [2.45, 2.75) is 52.0 Å². The van der Waals surface area contributed by atoms with Crippen LogP contribution in [-0.2, 0) is 9.59 Å². The summed E-state index contributed by atoms with van der Waals surface area (Å²) in [5.41, 5.74) is 0.334. The number of likely N-dealkylation sites (tertiary alicyclic amines) is 2. The summed E-state index contributed by atoms with van der Waals surface area (Å²) in [6.07, 6.45) is 4.42. The maximum atomic E-state index is 13.3. The summed E-state index contributed by atoms with van der Waals surface area (Å²) in [5.74, 6) is -0.771. The quantitative estimate of drug-likeness (QED) is 0.801. The van der Waals surface area contributed by atoms with Gasteiger partial charge in [-0.25, -0.2) is 4.39 Å². The topological polar surface area (TPSA) is 69.7 Å². The van der Waals surface area contributed by atoms with Crippen LogP contribution in [0.4, 0.5) is 4.39 Å². The summed E-state index contributed by atoms with van der Waals surface area (Å²) >= 11 is 0. The van der Waals surface area contributed by atoms with E-state index in [0.717, 1.165) is 19.3 Å². The molecule has 0 unspecified atom stereocenters. The third-order valence-corrected chi connectivity index (χ3v) is 6.14. The molecule has 0 spiro atoms. The van der Waals surface area contributed by atoms with Crippen LogP contribution in [-0.4, -0.2) is 59.7 Å². The number of benzene rings is 1.